The van der Waals surface area contributed by atoms with Crippen LogP contribution in [0, 0.1) is 0 Å². The van der Waals surface area contributed by atoms with E-state index < -0.39 is 5.97 Å². The maximum absolute atomic E-state index is 13.1. The molecule has 1 amide bonds. The van der Waals surface area contributed by atoms with Gasteiger partial charge in [-0.3, -0.25) is 9.59 Å². The number of hydrogen-bond acceptors (Lipinski definition) is 6. The molecule has 1 aliphatic heterocycles. The van der Waals surface area contributed by atoms with Crippen LogP contribution >= 0.6 is 0 Å². The first-order valence-corrected chi connectivity index (χ1v) is 11.5. The van der Waals surface area contributed by atoms with Gasteiger partial charge in [0.05, 0.1) is 31.9 Å². The van der Waals surface area contributed by atoms with Crippen LogP contribution in [-0.2, 0) is 20.7 Å². The maximum atomic E-state index is 13.1. The fourth-order valence-corrected chi connectivity index (χ4v) is 3.93. The summed E-state index contributed by atoms with van der Waals surface area (Å²) in [6.45, 7) is 2.11. The number of rotatable bonds is 9. The first-order chi connectivity index (χ1) is 17.1. The molecule has 0 saturated heterocycles. The van der Waals surface area contributed by atoms with E-state index in [4.69, 9.17) is 14.2 Å². The lowest BCUT2D eigenvalue weighted by atomic mass is 9.98. The van der Waals surface area contributed by atoms with Gasteiger partial charge in [-0.1, -0.05) is 54.6 Å². The van der Waals surface area contributed by atoms with Gasteiger partial charge in [-0.2, -0.15) is 5.10 Å². The second-order valence-electron chi connectivity index (χ2n) is 8.06. The monoisotopic (exact) mass is 472 g/mol. The molecule has 0 saturated carbocycles. The second-order valence-corrected chi connectivity index (χ2v) is 8.06. The molecule has 0 spiro atoms. The number of methoxy groups -OCH3 is 1. The Kier molecular flexibility index (Phi) is 7.77. The van der Waals surface area contributed by atoms with Crippen molar-refractivity contribution >= 4 is 17.6 Å². The van der Waals surface area contributed by atoms with Crippen molar-refractivity contribution in [1.82, 2.24) is 5.01 Å². The zero-order valence-corrected chi connectivity index (χ0v) is 19.8. The van der Waals surface area contributed by atoms with E-state index in [1.165, 1.54) is 5.01 Å². The lowest BCUT2D eigenvalue weighted by Gasteiger charge is -2.22. The summed E-state index contributed by atoms with van der Waals surface area (Å²) >= 11 is 0. The number of benzene rings is 3. The minimum Gasteiger partial charge on any atom is -0.497 e. The van der Waals surface area contributed by atoms with E-state index in [1.54, 1.807) is 19.2 Å². The molecule has 1 atom stereocenters. The first-order valence-electron chi connectivity index (χ1n) is 11.5. The van der Waals surface area contributed by atoms with Crippen LogP contribution in [0.15, 0.2) is 84.0 Å². The van der Waals surface area contributed by atoms with Crippen molar-refractivity contribution in [2.24, 2.45) is 5.10 Å². The van der Waals surface area contributed by atoms with Gasteiger partial charge in [-0.15, -0.1) is 0 Å². The molecule has 180 valence electrons. The van der Waals surface area contributed by atoms with Crippen molar-refractivity contribution in [3.05, 3.63) is 95.6 Å². The number of carbonyl (C=O) groups is 2. The van der Waals surface area contributed by atoms with Crippen molar-refractivity contribution < 1.29 is 23.8 Å². The van der Waals surface area contributed by atoms with Crippen molar-refractivity contribution in [1.29, 1.82) is 0 Å². The smallest absolute Gasteiger partial charge is 0.310 e. The van der Waals surface area contributed by atoms with Crippen LogP contribution in [0.5, 0.6) is 11.5 Å². The highest BCUT2D eigenvalue weighted by molar-refractivity contribution is 6.03. The minimum absolute atomic E-state index is 0.0696. The van der Waals surface area contributed by atoms with Gasteiger partial charge in [0.1, 0.15) is 11.5 Å². The number of nitrogens with zero attached hydrogens (tertiary/aromatic N) is 2. The summed E-state index contributed by atoms with van der Waals surface area (Å²) in [6.07, 6.45) is 0.627. The molecule has 7 heteroatoms. The average Bonchev–Trinajstić information content (AvgIpc) is 3.35. The summed E-state index contributed by atoms with van der Waals surface area (Å²) < 4.78 is 16.0. The summed E-state index contributed by atoms with van der Waals surface area (Å²) in [5.74, 6) is 0.620. The summed E-state index contributed by atoms with van der Waals surface area (Å²) in [5.41, 5.74) is 3.47. The van der Waals surface area contributed by atoms with Gasteiger partial charge in [0.25, 0.3) is 5.91 Å². The molecule has 1 heterocycles. The number of ether oxygens (including phenoxy) is 3. The average molecular weight is 473 g/mol. The van der Waals surface area contributed by atoms with Crippen molar-refractivity contribution in [2.75, 3.05) is 20.3 Å². The molecule has 0 aliphatic carbocycles. The Labute approximate surface area is 204 Å². The van der Waals surface area contributed by atoms with E-state index in [0.29, 0.717) is 13.0 Å². The normalized spacial score (nSPS) is 14.9. The topological polar surface area (TPSA) is 77.4 Å². The lowest BCUT2D eigenvalue weighted by molar-refractivity contribution is -0.152. The molecule has 1 aliphatic rings. The van der Waals surface area contributed by atoms with Crippen LogP contribution in [0.3, 0.4) is 0 Å². The molecule has 0 N–H and O–H groups in total. The second kappa shape index (κ2) is 11.3. The zero-order chi connectivity index (χ0) is 24.6. The van der Waals surface area contributed by atoms with E-state index in [0.717, 1.165) is 33.9 Å². The molecule has 35 heavy (non-hydrogen) atoms. The number of hydrogen-bond donors (Lipinski definition) is 0. The standard InChI is InChI=1S/C28H28N2O5/c1-3-34-24-13-9-20(10-14-24)17-28(32)35-19-27(31)30-26(22-11-15-23(33-2)16-12-22)18-25(29-30)21-7-5-4-6-8-21/h4-16,26H,3,17-19H2,1-2H3. The third-order valence-corrected chi connectivity index (χ3v) is 5.71. The van der Waals surface area contributed by atoms with Gasteiger partial charge in [0, 0.05) is 6.42 Å². The van der Waals surface area contributed by atoms with Gasteiger partial charge in [0.2, 0.25) is 0 Å². The predicted octanol–water partition coefficient (Wildman–Crippen LogP) is 4.56. The van der Waals surface area contributed by atoms with Crippen molar-refractivity contribution in [3.8, 4) is 11.5 Å². The van der Waals surface area contributed by atoms with Crippen molar-refractivity contribution in [3.63, 3.8) is 0 Å². The summed E-state index contributed by atoms with van der Waals surface area (Å²) in [7, 11) is 1.61. The fourth-order valence-electron chi connectivity index (χ4n) is 3.93. The van der Waals surface area contributed by atoms with Crippen LogP contribution in [0.4, 0.5) is 0 Å². The summed E-state index contributed by atoms with van der Waals surface area (Å²) in [5, 5.41) is 6.04. The van der Waals surface area contributed by atoms with Gasteiger partial charge < -0.3 is 14.2 Å². The van der Waals surface area contributed by atoms with Crippen LogP contribution in [-0.4, -0.2) is 42.9 Å². The van der Waals surface area contributed by atoms with Gasteiger partial charge in [0.15, 0.2) is 6.61 Å². The summed E-state index contributed by atoms with van der Waals surface area (Å²) in [6, 6.07) is 24.2. The predicted molar refractivity (Wildman–Crippen MR) is 132 cm³/mol. The van der Waals surface area contributed by atoms with Crippen LogP contribution in [0.2, 0.25) is 0 Å². The Balaban J connectivity index is 1.44. The molecule has 4 rings (SSSR count). The van der Waals surface area contributed by atoms with E-state index in [1.807, 2.05) is 73.7 Å². The molecule has 3 aromatic carbocycles. The highest BCUT2D eigenvalue weighted by Gasteiger charge is 2.33. The van der Waals surface area contributed by atoms with Gasteiger partial charge in [-0.05, 0) is 47.9 Å². The van der Waals surface area contributed by atoms with Crippen molar-refractivity contribution in [2.45, 2.75) is 25.8 Å². The van der Waals surface area contributed by atoms with E-state index in [9.17, 15) is 9.59 Å². The van der Waals surface area contributed by atoms with Gasteiger partial charge in [-0.25, -0.2) is 5.01 Å². The molecule has 1 unspecified atom stereocenters. The maximum Gasteiger partial charge on any atom is 0.310 e. The lowest BCUT2D eigenvalue weighted by Crippen LogP contribution is -2.31. The molecule has 0 fully saturated rings. The number of carbonyl (C=O) groups excluding carboxylic acids is 2. The molecule has 0 aromatic heterocycles. The van der Waals surface area contributed by atoms with E-state index in [2.05, 4.69) is 5.10 Å². The van der Waals surface area contributed by atoms with Crippen LogP contribution in [0.25, 0.3) is 0 Å². The SMILES string of the molecule is CCOc1ccc(CC(=O)OCC(=O)N2N=C(c3ccccc3)CC2c2ccc(OC)cc2)cc1. The quantitative estimate of drug-likeness (QED) is 0.427. The van der Waals surface area contributed by atoms with Gasteiger partial charge >= 0.3 is 5.97 Å². The Morgan fingerprint density at radius 3 is 2.29 bits per heavy atom. The molecule has 0 bridgehead atoms. The molecule has 7 nitrogen and oxygen atoms in total. The zero-order valence-electron chi connectivity index (χ0n) is 19.8. The largest absolute Gasteiger partial charge is 0.497 e. The number of hydrazone groups is 1. The Morgan fingerprint density at radius 2 is 1.63 bits per heavy atom. The van der Waals surface area contributed by atoms with Crippen LogP contribution in [0.1, 0.15) is 36.1 Å². The Hall–Kier alpha value is -4.13. The number of amides is 1. The molecular weight excluding hydrogens is 444 g/mol. The van der Waals surface area contributed by atoms with E-state index >= 15 is 0 Å². The third-order valence-electron chi connectivity index (χ3n) is 5.71. The van der Waals surface area contributed by atoms with Crippen LogP contribution < -0.4 is 9.47 Å². The summed E-state index contributed by atoms with van der Waals surface area (Å²) in [4.78, 5) is 25.5. The Morgan fingerprint density at radius 1 is 0.943 bits per heavy atom. The minimum atomic E-state index is -0.477. The highest BCUT2D eigenvalue weighted by Crippen LogP contribution is 2.33. The third kappa shape index (κ3) is 6.06. The van der Waals surface area contributed by atoms with E-state index in [-0.39, 0.29) is 25.0 Å². The number of esters is 1. The first kappa shape index (κ1) is 24.0. The highest BCUT2D eigenvalue weighted by atomic mass is 16.5. The molecule has 3 aromatic rings. The molecule has 0 radical (unpaired) electrons. The Bertz CT molecular complexity index is 1170. The molecular formula is C28H28N2O5. The fraction of sp³-hybridized carbons (Fsp3) is 0.250.